The average Bonchev–Trinajstić information content (AvgIpc) is 3.12. The van der Waals surface area contributed by atoms with E-state index in [1.54, 1.807) is 12.1 Å². The minimum absolute atomic E-state index is 0.0965. The second-order valence-corrected chi connectivity index (χ2v) is 6.35. The van der Waals surface area contributed by atoms with E-state index in [-0.39, 0.29) is 31.2 Å². The van der Waals surface area contributed by atoms with Crippen LogP contribution in [-0.4, -0.2) is 67.3 Å². The summed E-state index contributed by atoms with van der Waals surface area (Å²) >= 11 is 0. The van der Waals surface area contributed by atoms with Crippen molar-refractivity contribution < 1.29 is 28.7 Å². The first kappa shape index (κ1) is 19.6. The summed E-state index contributed by atoms with van der Waals surface area (Å²) in [5, 5.41) is 0.385. The van der Waals surface area contributed by atoms with Crippen LogP contribution in [0.2, 0.25) is 0 Å². The zero-order chi connectivity index (χ0) is 20.3. The number of H-pyrrole nitrogens is 1. The Morgan fingerprint density at radius 2 is 2.00 bits per heavy atom. The zero-order valence-electron chi connectivity index (χ0n) is 16.0. The second-order valence-electron chi connectivity index (χ2n) is 6.35. The van der Waals surface area contributed by atoms with E-state index in [9.17, 15) is 14.4 Å². The minimum atomic E-state index is -0.612. The topological polar surface area (TPSA) is 115 Å². The van der Waals surface area contributed by atoms with Crippen molar-refractivity contribution in [3.8, 4) is 11.5 Å². The molecule has 0 bridgehead atoms. The molecule has 0 saturated carbocycles. The Balaban J connectivity index is 1.82. The maximum absolute atomic E-state index is 12.5. The molecule has 28 heavy (non-hydrogen) atoms. The number of cyclic esters (lactones) is 1. The van der Waals surface area contributed by atoms with Crippen molar-refractivity contribution in [2.45, 2.75) is 13.5 Å². The van der Waals surface area contributed by atoms with Crippen LogP contribution in [0.5, 0.6) is 11.5 Å². The highest BCUT2D eigenvalue weighted by molar-refractivity contribution is 5.93. The lowest BCUT2D eigenvalue weighted by atomic mass is 10.2. The number of aromatic amines is 1. The highest BCUT2D eigenvalue weighted by Gasteiger charge is 2.30. The van der Waals surface area contributed by atoms with Crippen LogP contribution < -0.4 is 19.9 Å². The van der Waals surface area contributed by atoms with E-state index >= 15 is 0 Å². The van der Waals surface area contributed by atoms with E-state index in [0.29, 0.717) is 41.3 Å². The van der Waals surface area contributed by atoms with E-state index in [1.807, 2.05) is 6.92 Å². The van der Waals surface area contributed by atoms with Crippen molar-refractivity contribution in [2.24, 2.45) is 0 Å². The van der Waals surface area contributed by atoms with Gasteiger partial charge in [-0.2, -0.15) is 0 Å². The first-order chi connectivity index (χ1) is 13.5. The van der Waals surface area contributed by atoms with Crippen molar-refractivity contribution in [3.05, 3.63) is 28.3 Å². The number of nitrogens with one attached hydrogen (secondary N) is 2. The van der Waals surface area contributed by atoms with Gasteiger partial charge >= 0.3 is 6.09 Å². The summed E-state index contributed by atoms with van der Waals surface area (Å²) in [6, 6.07) is 3.22. The van der Waals surface area contributed by atoms with Crippen LogP contribution >= 0.6 is 0 Å². The number of carbonyl (C=O) groups excluding carboxylic acids is 2. The molecule has 0 aliphatic carbocycles. The number of benzene rings is 1. The highest BCUT2D eigenvalue weighted by Crippen LogP contribution is 2.29. The van der Waals surface area contributed by atoms with Gasteiger partial charge in [-0.25, -0.2) is 14.7 Å². The molecular formula is C18H23N4O6+. The molecule has 0 radical (unpaired) electrons. The van der Waals surface area contributed by atoms with Crippen LogP contribution in [0.25, 0.3) is 10.9 Å². The van der Waals surface area contributed by atoms with Gasteiger partial charge in [0.1, 0.15) is 13.2 Å². The number of imide groups is 1. The molecule has 1 atom stereocenters. The number of methoxy groups -OCH3 is 2. The molecule has 1 aromatic heterocycles. The number of hydrogen-bond donors (Lipinski definition) is 2. The molecule has 1 saturated heterocycles. The summed E-state index contributed by atoms with van der Waals surface area (Å²) in [5.74, 6) is 1.05. The number of hydrogen-bond acceptors (Lipinski definition) is 7. The van der Waals surface area contributed by atoms with Gasteiger partial charge in [0.05, 0.1) is 38.2 Å². The Hall–Kier alpha value is -3.14. The lowest BCUT2D eigenvalue weighted by molar-refractivity contribution is -0.905. The summed E-state index contributed by atoms with van der Waals surface area (Å²) < 4.78 is 15.3. The molecular weight excluding hydrogens is 368 g/mol. The third kappa shape index (κ3) is 3.91. The molecule has 1 aromatic carbocycles. The lowest BCUT2D eigenvalue weighted by Crippen LogP contribution is -3.11. The third-order valence-corrected chi connectivity index (χ3v) is 4.64. The number of ether oxygens (including phenoxy) is 3. The fourth-order valence-electron chi connectivity index (χ4n) is 3.08. The Kier molecular flexibility index (Phi) is 5.78. The van der Waals surface area contributed by atoms with E-state index in [4.69, 9.17) is 14.2 Å². The Bertz CT molecular complexity index is 957. The normalized spacial score (nSPS) is 14.8. The van der Waals surface area contributed by atoms with Gasteiger partial charge in [0, 0.05) is 6.07 Å². The molecule has 10 nitrogen and oxygen atoms in total. The second kappa shape index (κ2) is 8.26. The Morgan fingerprint density at radius 3 is 2.61 bits per heavy atom. The standard InChI is InChI=1S/C18H22N4O6/c1-4-21(10-16(23)22-5-6-28-18(22)25)9-15-19-12-8-14(27-3)13(26-2)7-11(12)17(24)20-15/h7-8H,4-6,9-10H2,1-3H3,(H,19,20,24)/p+1. The smallest absolute Gasteiger partial charge is 0.416 e. The number of fused-ring (bicyclic) bond motifs is 1. The van der Waals surface area contributed by atoms with Gasteiger partial charge in [0.15, 0.2) is 23.9 Å². The molecule has 3 rings (SSSR count). The molecule has 2 aromatic rings. The fraction of sp³-hybridized carbons (Fsp3) is 0.444. The van der Waals surface area contributed by atoms with Crippen LogP contribution in [0.1, 0.15) is 12.7 Å². The molecule has 10 heteroatoms. The van der Waals surface area contributed by atoms with Gasteiger partial charge in [0.2, 0.25) is 0 Å². The van der Waals surface area contributed by atoms with Crippen molar-refractivity contribution in [1.82, 2.24) is 14.9 Å². The van der Waals surface area contributed by atoms with Gasteiger partial charge in [-0.3, -0.25) is 9.59 Å². The van der Waals surface area contributed by atoms with Gasteiger partial charge in [-0.1, -0.05) is 0 Å². The van der Waals surface area contributed by atoms with Crippen LogP contribution in [-0.2, 0) is 16.1 Å². The molecule has 1 fully saturated rings. The number of quaternary nitrogens is 1. The first-order valence-corrected chi connectivity index (χ1v) is 8.92. The predicted molar refractivity (Wildman–Crippen MR) is 98.6 cm³/mol. The van der Waals surface area contributed by atoms with E-state index < -0.39 is 6.09 Å². The summed E-state index contributed by atoms with van der Waals surface area (Å²) in [4.78, 5) is 45.6. The lowest BCUT2D eigenvalue weighted by Gasteiger charge is -2.19. The van der Waals surface area contributed by atoms with Gasteiger partial charge in [0.25, 0.3) is 11.5 Å². The van der Waals surface area contributed by atoms with E-state index in [2.05, 4.69) is 9.97 Å². The number of nitrogens with zero attached hydrogens (tertiary/aromatic N) is 2. The van der Waals surface area contributed by atoms with Crippen LogP contribution in [0.15, 0.2) is 16.9 Å². The first-order valence-electron chi connectivity index (χ1n) is 8.92. The quantitative estimate of drug-likeness (QED) is 0.643. The van der Waals surface area contributed by atoms with Crippen LogP contribution in [0.4, 0.5) is 4.79 Å². The van der Waals surface area contributed by atoms with Gasteiger partial charge < -0.3 is 24.1 Å². The maximum Gasteiger partial charge on any atom is 0.416 e. The number of carbonyl (C=O) groups is 2. The molecule has 1 aliphatic rings. The minimum Gasteiger partial charge on any atom is -0.493 e. The fourth-order valence-corrected chi connectivity index (χ4v) is 3.08. The maximum atomic E-state index is 12.5. The van der Waals surface area contributed by atoms with E-state index in [1.165, 1.54) is 14.2 Å². The van der Waals surface area contributed by atoms with Gasteiger partial charge in [-0.15, -0.1) is 0 Å². The number of aromatic nitrogens is 2. The number of amides is 2. The van der Waals surface area contributed by atoms with Gasteiger partial charge in [-0.05, 0) is 13.0 Å². The van der Waals surface area contributed by atoms with Crippen LogP contribution in [0.3, 0.4) is 0 Å². The predicted octanol–water partition coefficient (Wildman–Crippen LogP) is -0.676. The highest BCUT2D eigenvalue weighted by atomic mass is 16.6. The summed E-state index contributed by atoms with van der Waals surface area (Å²) in [5.41, 5.74) is 0.173. The SMILES string of the molecule is CC[NH+](CC(=O)N1CCOC1=O)Cc1nc2cc(OC)c(OC)cc2c(=O)[nH]1. The van der Waals surface area contributed by atoms with Crippen molar-refractivity contribution >= 4 is 22.9 Å². The Labute approximate surface area is 161 Å². The summed E-state index contributed by atoms with van der Waals surface area (Å²) in [6.45, 7) is 3.43. The largest absolute Gasteiger partial charge is 0.493 e. The molecule has 1 unspecified atom stereocenters. The molecule has 150 valence electrons. The number of likely N-dealkylation sites (N-methyl/N-ethyl adjacent to an activating group) is 1. The monoisotopic (exact) mass is 391 g/mol. The number of rotatable bonds is 7. The van der Waals surface area contributed by atoms with E-state index in [0.717, 1.165) is 9.80 Å². The van der Waals surface area contributed by atoms with Crippen LogP contribution in [0, 0.1) is 0 Å². The van der Waals surface area contributed by atoms with Crippen molar-refractivity contribution in [2.75, 3.05) is 40.5 Å². The summed E-state index contributed by atoms with van der Waals surface area (Å²) in [6.07, 6.45) is -0.612. The van der Waals surface area contributed by atoms with Crippen molar-refractivity contribution in [1.29, 1.82) is 0 Å². The molecule has 2 amide bonds. The van der Waals surface area contributed by atoms with Crippen molar-refractivity contribution in [3.63, 3.8) is 0 Å². The molecule has 0 spiro atoms. The summed E-state index contributed by atoms with van der Waals surface area (Å²) in [7, 11) is 3.00. The third-order valence-electron chi connectivity index (χ3n) is 4.64. The molecule has 2 N–H and O–H groups in total. The average molecular weight is 391 g/mol. The Morgan fingerprint density at radius 1 is 1.29 bits per heavy atom. The molecule has 2 heterocycles. The zero-order valence-corrected chi connectivity index (χ0v) is 16.0. The molecule has 1 aliphatic heterocycles.